The van der Waals surface area contributed by atoms with E-state index >= 15 is 0 Å². The molecule has 1 atom stereocenters. The lowest BCUT2D eigenvalue weighted by atomic mass is 9.80. The SMILES string of the molecule is CC(C)C(C)(COc1ccc(C(=O)c2ccc(Cl)cc2)cc1)C(=O)O. The summed E-state index contributed by atoms with van der Waals surface area (Å²) in [5.41, 5.74) is 0.105. The van der Waals surface area contributed by atoms with Crippen LogP contribution in [0.15, 0.2) is 48.5 Å². The van der Waals surface area contributed by atoms with Crippen LogP contribution in [0, 0.1) is 11.3 Å². The topological polar surface area (TPSA) is 63.6 Å². The van der Waals surface area contributed by atoms with Gasteiger partial charge in [-0.3, -0.25) is 9.59 Å². The fraction of sp³-hybridized carbons (Fsp3) is 0.300. The molecular weight excluding hydrogens is 340 g/mol. The molecule has 0 aliphatic carbocycles. The number of carbonyl (C=O) groups is 2. The highest BCUT2D eigenvalue weighted by molar-refractivity contribution is 6.30. The van der Waals surface area contributed by atoms with E-state index in [1.807, 2.05) is 13.8 Å². The van der Waals surface area contributed by atoms with E-state index in [4.69, 9.17) is 16.3 Å². The smallest absolute Gasteiger partial charge is 0.313 e. The van der Waals surface area contributed by atoms with Gasteiger partial charge in [0, 0.05) is 16.1 Å². The minimum atomic E-state index is -0.974. The van der Waals surface area contributed by atoms with Crippen molar-refractivity contribution < 1.29 is 19.4 Å². The van der Waals surface area contributed by atoms with Crippen molar-refractivity contribution in [1.29, 1.82) is 0 Å². The number of hydrogen-bond acceptors (Lipinski definition) is 3. The van der Waals surface area contributed by atoms with Gasteiger partial charge in [-0.25, -0.2) is 0 Å². The first kappa shape index (κ1) is 19.0. The first-order valence-corrected chi connectivity index (χ1v) is 8.38. The average Bonchev–Trinajstić information content (AvgIpc) is 2.59. The molecule has 4 nitrogen and oxygen atoms in total. The van der Waals surface area contributed by atoms with Gasteiger partial charge in [0.25, 0.3) is 0 Å². The predicted octanol–water partition coefficient (Wildman–Crippen LogP) is 4.70. The predicted molar refractivity (Wildman–Crippen MR) is 97.4 cm³/mol. The summed E-state index contributed by atoms with van der Waals surface area (Å²) in [5.74, 6) is -0.547. The normalized spacial score (nSPS) is 13.3. The number of carboxylic acids is 1. The minimum Gasteiger partial charge on any atom is -0.492 e. The standard InChI is InChI=1S/C20H21ClO4/c1-13(2)20(3,19(23)24)12-25-17-10-6-15(7-11-17)18(22)14-4-8-16(21)9-5-14/h4-11,13H,12H2,1-3H3,(H,23,24). The molecule has 0 aromatic heterocycles. The lowest BCUT2D eigenvalue weighted by molar-refractivity contribution is -0.152. The van der Waals surface area contributed by atoms with E-state index in [9.17, 15) is 14.7 Å². The van der Waals surface area contributed by atoms with Crippen LogP contribution < -0.4 is 4.74 Å². The molecule has 0 fully saturated rings. The van der Waals surface area contributed by atoms with Crippen molar-refractivity contribution in [2.24, 2.45) is 11.3 Å². The van der Waals surface area contributed by atoms with Crippen LogP contribution in [-0.4, -0.2) is 23.5 Å². The maximum Gasteiger partial charge on any atom is 0.313 e. The second kappa shape index (κ2) is 7.70. The van der Waals surface area contributed by atoms with Crippen LogP contribution in [-0.2, 0) is 4.79 Å². The average molecular weight is 361 g/mol. The van der Waals surface area contributed by atoms with Gasteiger partial charge in [-0.1, -0.05) is 25.4 Å². The molecule has 0 amide bonds. The maximum atomic E-state index is 12.4. The molecule has 0 saturated carbocycles. The number of hydrogen-bond donors (Lipinski definition) is 1. The molecule has 0 radical (unpaired) electrons. The summed E-state index contributed by atoms with van der Waals surface area (Å²) in [6, 6.07) is 13.4. The van der Waals surface area contributed by atoms with Gasteiger partial charge in [0.2, 0.25) is 0 Å². The number of carboxylic acid groups (broad SMARTS) is 1. The van der Waals surface area contributed by atoms with Crippen LogP contribution in [0.2, 0.25) is 5.02 Å². The van der Waals surface area contributed by atoms with Gasteiger partial charge >= 0.3 is 5.97 Å². The molecule has 2 rings (SSSR count). The van der Waals surface area contributed by atoms with Crippen LogP contribution in [0.25, 0.3) is 0 Å². The van der Waals surface area contributed by atoms with E-state index in [-0.39, 0.29) is 18.3 Å². The number of ketones is 1. The molecule has 25 heavy (non-hydrogen) atoms. The molecule has 0 heterocycles. The summed E-state index contributed by atoms with van der Waals surface area (Å²) in [6.45, 7) is 5.43. The van der Waals surface area contributed by atoms with Gasteiger partial charge < -0.3 is 9.84 Å². The molecule has 1 unspecified atom stereocenters. The van der Waals surface area contributed by atoms with E-state index in [0.717, 1.165) is 0 Å². The Morgan fingerprint density at radius 3 is 1.96 bits per heavy atom. The van der Waals surface area contributed by atoms with Gasteiger partial charge in [-0.2, -0.15) is 0 Å². The minimum absolute atomic E-state index is 0.0600. The number of carbonyl (C=O) groups excluding carboxylic acids is 1. The Bertz CT molecular complexity index is 750. The summed E-state index contributed by atoms with van der Waals surface area (Å²) < 4.78 is 5.64. The third kappa shape index (κ3) is 4.40. The van der Waals surface area contributed by atoms with Crippen molar-refractivity contribution in [2.45, 2.75) is 20.8 Å². The Morgan fingerprint density at radius 1 is 1.04 bits per heavy atom. The zero-order valence-electron chi connectivity index (χ0n) is 14.5. The number of ether oxygens (including phenoxy) is 1. The molecule has 1 N–H and O–H groups in total. The van der Waals surface area contributed by atoms with Gasteiger partial charge in [0.05, 0.1) is 0 Å². The van der Waals surface area contributed by atoms with Crippen molar-refractivity contribution in [3.05, 3.63) is 64.7 Å². The van der Waals surface area contributed by atoms with E-state index in [0.29, 0.717) is 21.9 Å². The van der Waals surface area contributed by atoms with Crippen molar-refractivity contribution in [3.63, 3.8) is 0 Å². The summed E-state index contributed by atoms with van der Waals surface area (Å²) >= 11 is 5.83. The Kier molecular flexibility index (Phi) is 5.85. The lowest BCUT2D eigenvalue weighted by Crippen LogP contribution is -2.38. The Morgan fingerprint density at radius 2 is 1.52 bits per heavy atom. The van der Waals surface area contributed by atoms with Crippen molar-refractivity contribution in [1.82, 2.24) is 0 Å². The molecule has 2 aromatic carbocycles. The highest BCUT2D eigenvalue weighted by Crippen LogP contribution is 2.28. The maximum absolute atomic E-state index is 12.4. The highest BCUT2D eigenvalue weighted by Gasteiger charge is 2.37. The molecule has 132 valence electrons. The van der Waals surface area contributed by atoms with Gasteiger partial charge in [-0.15, -0.1) is 0 Å². The molecule has 2 aromatic rings. The van der Waals surface area contributed by atoms with Gasteiger partial charge in [-0.05, 0) is 61.4 Å². The summed E-state index contributed by atoms with van der Waals surface area (Å²) in [5, 5.41) is 9.99. The molecular formula is C20H21ClO4. The molecule has 0 saturated heterocycles. The monoisotopic (exact) mass is 360 g/mol. The van der Waals surface area contributed by atoms with E-state index < -0.39 is 11.4 Å². The fourth-order valence-electron chi connectivity index (χ4n) is 2.18. The first-order chi connectivity index (χ1) is 11.7. The lowest BCUT2D eigenvalue weighted by Gasteiger charge is -2.28. The molecule has 0 aliphatic heterocycles. The quantitative estimate of drug-likeness (QED) is 0.727. The van der Waals surface area contributed by atoms with E-state index in [2.05, 4.69) is 0 Å². The van der Waals surface area contributed by atoms with Crippen LogP contribution >= 0.6 is 11.6 Å². The number of rotatable bonds is 7. The van der Waals surface area contributed by atoms with Crippen molar-refractivity contribution in [2.75, 3.05) is 6.61 Å². The molecule has 0 aliphatic rings. The Balaban J connectivity index is 2.08. The van der Waals surface area contributed by atoms with E-state index in [1.54, 1.807) is 55.5 Å². The second-order valence-electron chi connectivity index (χ2n) is 6.53. The number of halogens is 1. The Labute approximate surface area is 152 Å². The highest BCUT2D eigenvalue weighted by atomic mass is 35.5. The third-order valence-electron chi connectivity index (χ3n) is 4.52. The van der Waals surface area contributed by atoms with Crippen LogP contribution in [0.3, 0.4) is 0 Å². The van der Waals surface area contributed by atoms with Crippen molar-refractivity contribution >= 4 is 23.4 Å². The zero-order valence-corrected chi connectivity index (χ0v) is 15.2. The zero-order chi connectivity index (χ0) is 18.6. The molecule has 5 heteroatoms. The van der Waals surface area contributed by atoms with Crippen molar-refractivity contribution in [3.8, 4) is 5.75 Å². The molecule has 0 spiro atoms. The number of aliphatic carboxylic acids is 1. The third-order valence-corrected chi connectivity index (χ3v) is 4.78. The summed E-state index contributed by atoms with van der Waals surface area (Å²) in [7, 11) is 0. The first-order valence-electron chi connectivity index (χ1n) is 8.00. The van der Waals surface area contributed by atoms with Crippen LogP contribution in [0.4, 0.5) is 0 Å². The second-order valence-corrected chi connectivity index (χ2v) is 6.96. The largest absolute Gasteiger partial charge is 0.492 e. The Hall–Kier alpha value is -2.33. The van der Waals surface area contributed by atoms with Gasteiger partial charge in [0.1, 0.15) is 17.8 Å². The van der Waals surface area contributed by atoms with Crippen LogP contribution in [0.5, 0.6) is 5.75 Å². The van der Waals surface area contributed by atoms with Crippen LogP contribution in [0.1, 0.15) is 36.7 Å². The van der Waals surface area contributed by atoms with E-state index in [1.165, 1.54) is 0 Å². The number of benzene rings is 2. The summed E-state index contributed by atoms with van der Waals surface area (Å²) in [6.07, 6.45) is 0. The van der Waals surface area contributed by atoms with Gasteiger partial charge in [0.15, 0.2) is 5.78 Å². The fourth-order valence-corrected chi connectivity index (χ4v) is 2.31. The summed E-state index contributed by atoms with van der Waals surface area (Å²) in [4.78, 5) is 23.9. The molecule has 0 bridgehead atoms.